The molecule has 3 fully saturated rings. The van der Waals surface area contributed by atoms with Gasteiger partial charge in [0, 0.05) is 42.6 Å². The Bertz CT molecular complexity index is 813. The first kappa shape index (κ1) is 14.5. The lowest BCUT2D eigenvalue weighted by Gasteiger charge is -2.36. The molecule has 0 saturated carbocycles. The molecule has 5 nitrogen and oxygen atoms in total. The monoisotopic (exact) mass is 311 g/mol. The van der Waals surface area contributed by atoms with Crippen molar-refractivity contribution in [3.63, 3.8) is 0 Å². The topological polar surface area (TPSA) is 56.4 Å². The van der Waals surface area contributed by atoms with E-state index in [1.54, 1.807) is 6.07 Å². The average Bonchev–Trinajstić information content (AvgIpc) is 2.83. The Morgan fingerprint density at radius 3 is 2.87 bits per heavy atom. The van der Waals surface area contributed by atoms with Gasteiger partial charge >= 0.3 is 0 Å². The molecule has 5 heteroatoms. The van der Waals surface area contributed by atoms with Crippen LogP contribution in [0.5, 0.6) is 0 Å². The minimum Gasteiger partial charge on any atom is -0.350 e. The van der Waals surface area contributed by atoms with Crippen LogP contribution in [0.2, 0.25) is 0 Å². The van der Waals surface area contributed by atoms with E-state index >= 15 is 0 Å². The summed E-state index contributed by atoms with van der Waals surface area (Å²) in [6.45, 7) is 2.76. The highest BCUT2D eigenvalue weighted by Gasteiger charge is 2.36. The number of aromatic nitrogens is 1. The van der Waals surface area contributed by atoms with E-state index in [1.807, 2.05) is 23.1 Å². The second kappa shape index (κ2) is 5.49. The molecular formula is C18H21N3O2. The Balaban J connectivity index is 1.71. The van der Waals surface area contributed by atoms with Crippen molar-refractivity contribution < 1.29 is 4.79 Å². The van der Waals surface area contributed by atoms with Crippen molar-refractivity contribution in [2.45, 2.75) is 18.9 Å². The van der Waals surface area contributed by atoms with E-state index in [4.69, 9.17) is 0 Å². The second-order valence-electron chi connectivity index (χ2n) is 6.87. The van der Waals surface area contributed by atoms with E-state index in [0.29, 0.717) is 17.0 Å². The molecule has 0 spiro atoms. The standard InChI is InChI=1S/C18H21N3O2/c1-20-9-12-6-7-13(11-20)21(10-12)18(23)16-8-17(22)14-4-2-3-5-15(14)19-16/h2-5,8,12-13H,6-7,9-11H2,1H3,(H,19,22)/t12-,13+/m0/s1. The molecule has 1 N–H and O–H groups in total. The van der Waals surface area contributed by atoms with Crippen molar-refractivity contribution in [2.75, 3.05) is 26.7 Å². The van der Waals surface area contributed by atoms with Gasteiger partial charge in [-0.2, -0.15) is 0 Å². The average molecular weight is 311 g/mol. The van der Waals surface area contributed by atoms with Gasteiger partial charge in [-0.25, -0.2) is 0 Å². The highest BCUT2D eigenvalue weighted by molar-refractivity contribution is 5.95. The molecule has 1 aromatic carbocycles. The lowest BCUT2D eigenvalue weighted by molar-refractivity contribution is 0.0581. The molecule has 3 aliphatic heterocycles. The molecule has 0 aliphatic carbocycles. The summed E-state index contributed by atoms with van der Waals surface area (Å²) in [6.07, 6.45) is 2.24. The largest absolute Gasteiger partial charge is 0.350 e. The molecule has 120 valence electrons. The summed E-state index contributed by atoms with van der Waals surface area (Å²) in [5.74, 6) is 0.493. The molecule has 3 saturated heterocycles. The normalized spacial score (nSPS) is 24.8. The number of fused-ring (bicyclic) bond motifs is 5. The SMILES string of the molecule is CN1C[C@@H]2CC[C@H](C1)N(C(=O)c1cc(=O)c3ccccc3[nH]1)C2. The molecule has 2 atom stereocenters. The second-order valence-corrected chi connectivity index (χ2v) is 6.87. The van der Waals surface area contributed by atoms with Crippen LogP contribution in [0.3, 0.4) is 0 Å². The summed E-state index contributed by atoms with van der Waals surface area (Å²) in [5, 5.41) is 0.626. The van der Waals surface area contributed by atoms with Gasteiger partial charge in [0.2, 0.25) is 0 Å². The van der Waals surface area contributed by atoms with Gasteiger partial charge in [-0.05, 0) is 37.9 Å². The van der Waals surface area contributed by atoms with Crippen LogP contribution in [0.25, 0.3) is 10.9 Å². The molecule has 1 aromatic heterocycles. The number of nitrogens with one attached hydrogen (secondary N) is 1. The first-order valence-corrected chi connectivity index (χ1v) is 8.23. The summed E-state index contributed by atoms with van der Waals surface area (Å²) in [4.78, 5) is 32.7. The van der Waals surface area contributed by atoms with Gasteiger partial charge < -0.3 is 14.8 Å². The number of hydrogen-bond donors (Lipinski definition) is 1. The van der Waals surface area contributed by atoms with Gasteiger partial charge in [-0.3, -0.25) is 9.59 Å². The van der Waals surface area contributed by atoms with Crippen LogP contribution in [-0.2, 0) is 0 Å². The van der Waals surface area contributed by atoms with Gasteiger partial charge in [-0.15, -0.1) is 0 Å². The predicted molar refractivity (Wildman–Crippen MR) is 89.6 cm³/mol. The van der Waals surface area contributed by atoms with Crippen LogP contribution in [-0.4, -0.2) is 53.4 Å². The van der Waals surface area contributed by atoms with E-state index < -0.39 is 0 Å². The number of pyridine rings is 1. The number of rotatable bonds is 1. The molecular weight excluding hydrogens is 290 g/mol. The third-order valence-electron chi connectivity index (χ3n) is 5.12. The minimum absolute atomic E-state index is 0.0437. The first-order chi connectivity index (χ1) is 11.1. The Morgan fingerprint density at radius 1 is 1.17 bits per heavy atom. The quantitative estimate of drug-likeness (QED) is 0.872. The number of piperidine rings is 1. The molecule has 4 heterocycles. The van der Waals surface area contributed by atoms with Crippen molar-refractivity contribution in [3.05, 3.63) is 46.2 Å². The molecule has 2 aromatic rings. The molecule has 0 unspecified atom stereocenters. The summed E-state index contributed by atoms with van der Waals surface area (Å²) in [6, 6.07) is 9.04. The van der Waals surface area contributed by atoms with Crippen molar-refractivity contribution in [1.82, 2.24) is 14.8 Å². The summed E-state index contributed by atoms with van der Waals surface area (Å²) >= 11 is 0. The predicted octanol–water partition coefficient (Wildman–Crippen LogP) is 1.69. The van der Waals surface area contributed by atoms with E-state index in [0.717, 1.165) is 31.6 Å². The Hall–Kier alpha value is -2.14. The zero-order valence-electron chi connectivity index (χ0n) is 13.3. The van der Waals surface area contributed by atoms with Crippen molar-refractivity contribution in [1.29, 1.82) is 0 Å². The fraction of sp³-hybridized carbons (Fsp3) is 0.444. The molecule has 5 rings (SSSR count). The number of hydrogen-bond acceptors (Lipinski definition) is 3. The number of nitrogens with zero attached hydrogens (tertiary/aromatic N) is 2. The Kier molecular flexibility index (Phi) is 3.45. The van der Waals surface area contributed by atoms with Gasteiger partial charge in [0.15, 0.2) is 5.43 Å². The fourth-order valence-electron chi connectivity index (χ4n) is 4.03. The molecule has 1 amide bonds. The number of amides is 1. The van der Waals surface area contributed by atoms with Crippen molar-refractivity contribution >= 4 is 16.8 Å². The lowest BCUT2D eigenvalue weighted by atomic mass is 9.94. The van der Waals surface area contributed by atoms with Crippen LogP contribution in [0.4, 0.5) is 0 Å². The summed E-state index contributed by atoms with van der Waals surface area (Å²) in [5.41, 5.74) is 1.03. The van der Waals surface area contributed by atoms with Crippen LogP contribution < -0.4 is 5.43 Å². The number of likely N-dealkylation sites (N-methyl/N-ethyl adjacent to an activating group) is 1. The van der Waals surface area contributed by atoms with Gasteiger partial charge in [-0.1, -0.05) is 12.1 Å². The van der Waals surface area contributed by atoms with Gasteiger partial charge in [0.25, 0.3) is 5.91 Å². The van der Waals surface area contributed by atoms with E-state index in [1.165, 1.54) is 12.5 Å². The van der Waals surface area contributed by atoms with Crippen molar-refractivity contribution in [3.8, 4) is 0 Å². The van der Waals surface area contributed by atoms with Gasteiger partial charge in [0.1, 0.15) is 5.69 Å². The van der Waals surface area contributed by atoms with Crippen LogP contribution in [0, 0.1) is 5.92 Å². The minimum atomic E-state index is -0.0974. The van der Waals surface area contributed by atoms with E-state index in [9.17, 15) is 9.59 Å². The van der Waals surface area contributed by atoms with E-state index in [-0.39, 0.29) is 17.4 Å². The highest BCUT2D eigenvalue weighted by atomic mass is 16.2. The van der Waals surface area contributed by atoms with Crippen LogP contribution in [0.15, 0.2) is 35.1 Å². The number of carbonyl (C=O) groups is 1. The number of aromatic amines is 1. The Labute approximate surface area is 134 Å². The van der Waals surface area contributed by atoms with Crippen LogP contribution in [0.1, 0.15) is 23.3 Å². The number of para-hydroxylation sites is 1. The van der Waals surface area contributed by atoms with Crippen LogP contribution >= 0.6 is 0 Å². The third kappa shape index (κ3) is 2.55. The maximum atomic E-state index is 13.0. The molecule has 2 bridgehead atoms. The number of benzene rings is 1. The molecule has 23 heavy (non-hydrogen) atoms. The van der Waals surface area contributed by atoms with E-state index in [2.05, 4.69) is 16.9 Å². The smallest absolute Gasteiger partial charge is 0.270 e. The molecule has 0 radical (unpaired) electrons. The Morgan fingerprint density at radius 2 is 2.00 bits per heavy atom. The highest BCUT2D eigenvalue weighted by Crippen LogP contribution is 2.28. The molecule has 3 aliphatic rings. The zero-order chi connectivity index (χ0) is 16.0. The summed E-state index contributed by atoms with van der Waals surface area (Å²) < 4.78 is 0. The lowest BCUT2D eigenvalue weighted by Crippen LogP contribution is -2.47. The maximum absolute atomic E-state index is 13.0. The summed E-state index contributed by atoms with van der Waals surface area (Å²) in [7, 11) is 2.12. The number of H-pyrrole nitrogens is 1. The maximum Gasteiger partial charge on any atom is 0.270 e. The van der Waals surface area contributed by atoms with Gasteiger partial charge in [0.05, 0.1) is 0 Å². The third-order valence-corrected chi connectivity index (χ3v) is 5.12. The fourth-order valence-corrected chi connectivity index (χ4v) is 4.03. The van der Waals surface area contributed by atoms with Crippen molar-refractivity contribution in [2.24, 2.45) is 5.92 Å². The first-order valence-electron chi connectivity index (χ1n) is 8.23. The number of carbonyl (C=O) groups excluding carboxylic acids is 1. The zero-order valence-corrected chi connectivity index (χ0v) is 13.3.